The fourth-order valence-electron chi connectivity index (χ4n) is 7.27. The minimum absolute atomic E-state index is 0.0458. The van der Waals surface area contributed by atoms with E-state index in [0.717, 1.165) is 74.7 Å². The highest BCUT2D eigenvalue weighted by atomic mass is 16.2. The fraction of sp³-hybridized carbons (Fsp3) is 0.640. The number of rotatable bonds is 3. The lowest BCUT2D eigenvalue weighted by molar-refractivity contribution is -0.179. The van der Waals surface area contributed by atoms with Gasteiger partial charge in [-0.2, -0.15) is 4.98 Å². The third-order valence-electron chi connectivity index (χ3n) is 9.40. The molecule has 4 saturated carbocycles. The molecule has 4 aliphatic carbocycles. The predicted molar refractivity (Wildman–Crippen MR) is 132 cm³/mol. The van der Waals surface area contributed by atoms with Crippen LogP contribution < -0.4 is 21.2 Å². The third kappa shape index (κ3) is 2.85. The summed E-state index contributed by atoms with van der Waals surface area (Å²) in [5.41, 5.74) is 6.53. The summed E-state index contributed by atoms with van der Waals surface area (Å²) in [6, 6.07) is 1.98. The van der Waals surface area contributed by atoms with Crippen molar-refractivity contribution in [2.24, 2.45) is 11.3 Å². The van der Waals surface area contributed by atoms with Crippen LogP contribution in [0.3, 0.4) is 0 Å². The van der Waals surface area contributed by atoms with Gasteiger partial charge in [0.25, 0.3) is 0 Å². The van der Waals surface area contributed by atoms with Crippen LogP contribution in [0, 0.1) is 11.3 Å². The van der Waals surface area contributed by atoms with Gasteiger partial charge in [0.1, 0.15) is 29.6 Å². The molecule has 10 heteroatoms. The zero-order chi connectivity index (χ0) is 24.1. The maximum atomic E-state index is 13.4. The van der Waals surface area contributed by atoms with Gasteiger partial charge in [-0.05, 0) is 51.9 Å². The molecule has 3 N–H and O–H groups in total. The number of nitrogens with zero attached hydrogens (tertiary/aromatic N) is 6. The van der Waals surface area contributed by atoms with Gasteiger partial charge in [0.2, 0.25) is 5.91 Å². The molecule has 6 aliphatic rings. The molecule has 1 saturated heterocycles. The summed E-state index contributed by atoms with van der Waals surface area (Å²) in [7, 11) is 0. The number of H-pyrrole nitrogens is 1. The Morgan fingerprint density at radius 3 is 2.49 bits per heavy atom. The number of fused-ring (bicyclic) bond motifs is 2. The van der Waals surface area contributed by atoms with E-state index >= 15 is 0 Å². The Balaban J connectivity index is 1.24. The minimum Gasteiger partial charge on any atom is -0.385 e. The smallest absolute Gasteiger partial charge is 0.348 e. The molecular formula is C25H32N8O2. The van der Waals surface area contributed by atoms with E-state index in [-0.39, 0.29) is 28.7 Å². The predicted octanol–water partition coefficient (Wildman–Crippen LogP) is 1.94. The van der Waals surface area contributed by atoms with Gasteiger partial charge >= 0.3 is 5.69 Å². The van der Waals surface area contributed by atoms with Gasteiger partial charge in [-0.1, -0.05) is 6.42 Å². The molecule has 8 rings (SSSR count). The summed E-state index contributed by atoms with van der Waals surface area (Å²) in [4.78, 5) is 48.2. The van der Waals surface area contributed by atoms with E-state index in [1.807, 2.05) is 4.90 Å². The van der Waals surface area contributed by atoms with E-state index in [2.05, 4.69) is 38.6 Å². The van der Waals surface area contributed by atoms with Gasteiger partial charge < -0.3 is 20.4 Å². The summed E-state index contributed by atoms with van der Waals surface area (Å²) < 4.78 is 0. The lowest BCUT2D eigenvalue weighted by atomic mass is 9.44. The quantitative estimate of drug-likeness (QED) is 0.689. The van der Waals surface area contributed by atoms with Gasteiger partial charge in [-0.3, -0.25) is 9.78 Å². The third-order valence-corrected chi connectivity index (χ3v) is 9.40. The molecule has 2 aromatic rings. The Morgan fingerprint density at radius 2 is 1.86 bits per heavy atom. The molecule has 1 spiro atoms. The summed E-state index contributed by atoms with van der Waals surface area (Å²) in [5.74, 6) is 3.76. The number of hydrogen-bond acceptors (Lipinski definition) is 8. The van der Waals surface area contributed by atoms with E-state index in [4.69, 9.17) is 10.7 Å². The number of hydrogen-bond donors (Lipinski definition) is 2. The van der Waals surface area contributed by atoms with Crippen molar-refractivity contribution in [1.82, 2.24) is 24.8 Å². The van der Waals surface area contributed by atoms with Crippen molar-refractivity contribution in [2.75, 3.05) is 35.2 Å². The highest BCUT2D eigenvalue weighted by Crippen LogP contribution is 2.65. The number of nitrogens with one attached hydrogen (secondary N) is 1. The second-order valence-corrected chi connectivity index (χ2v) is 11.7. The van der Waals surface area contributed by atoms with Crippen LogP contribution in [0.5, 0.6) is 0 Å². The van der Waals surface area contributed by atoms with Crippen molar-refractivity contribution in [3.05, 3.63) is 28.4 Å². The van der Waals surface area contributed by atoms with Crippen molar-refractivity contribution in [1.29, 1.82) is 0 Å². The van der Waals surface area contributed by atoms with Crippen molar-refractivity contribution in [3.63, 3.8) is 0 Å². The van der Waals surface area contributed by atoms with Gasteiger partial charge in [0, 0.05) is 48.8 Å². The molecule has 2 bridgehead atoms. The van der Waals surface area contributed by atoms with Crippen LogP contribution in [0.4, 0.5) is 23.3 Å². The molecule has 2 atom stereocenters. The van der Waals surface area contributed by atoms with Crippen LogP contribution in [-0.2, 0) is 10.2 Å². The average Bonchev–Trinajstić information content (AvgIpc) is 3.08. The number of amides is 1. The maximum Gasteiger partial charge on any atom is 0.348 e. The number of anilines is 4. The minimum atomic E-state index is -0.461. The second-order valence-electron chi connectivity index (χ2n) is 11.7. The second kappa shape index (κ2) is 6.95. The number of piperazine rings is 1. The van der Waals surface area contributed by atoms with E-state index in [9.17, 15) is 9.59 Å². The first-order valence-electron chi connectivity index (χ1n) is 12.9. The van der Waals surface area contributed by atoms with E-state index < -0.39 is 5.69 Å². The summed E-state index contributed by atoms with van der Waals surface area (Å²) in [6.07, 6.45) is 8.16. The molecule has 184 valence electrons. The van der Waals surface area contributed by atoms with Gasteiger partial charge in [0.15, 0.2) is 0 Å². The highest BCUT2D eigenvalue weighted by Gasteiger charge is 2.63. The molecule has 2 aromatic heterocycles. The SMILES string of the molecule is C[C@@H]1CN(c2ncnc3c2C2(CCC2)CN3c2cc(N)[nH]c(=O)n2)[C@@H](C)CN1C(=O)C12CC(C1)C2. The average molecular weight is 477 g/mol. The van der Waals surface area contributed by atoms with Gasteiger partial charge in [-0.15, -0.1) is 0 Å². The van der Waals surface area contributed by atoms with Crippen molar-refractivity contribution < 1.29 is 4.79 Å². The molecule has 5 fully saturated rings. The van der Waals surface area contributed by atoms with Gasteiger partial charge in [0.05, 0.1) is 5.41 Å². The van der Waals surface area contributed by atoms with Crippen LogP contribution >= 0.6 is 0 Å². The number of aromatic amines is 1. The molecule has 10 nitrogen and oxygen atoms in total. The summed E-state index contributed by atoms with van der Waals surface area (Å²) in [6.45, 7) is 6.55. The molecular weight excluding hydrogens is 444 g/mol. The zero-order valence-electron chi connectivity index (χ0n) is 20.3. The van der Waals surface area contributed by atoms with Crippen molar-refractivity contribution in [3.8, 4) is 0 Å². The number of aromatic nitrogens is 4. The monoisotopic (exact) mass is 476 g/mol. The first-order valence-corrected chi connectivity index (χ1v) is 12.9. The standard InChI is InChI=1S/C25H32N8O2/c1-14-11-32(22(34)25-7-16(8-25)9-25)15(2)10-31(14)20-19-21(28-13-27-20)33(12-24(19)4-3-5-24)18-6-17(26)29-23(35)30-18/h6,13-16H,3-5,7-12H2,1-2H3,(H3,26,29,30,35)/t14-,15+,16?,25?/m0/s1. The van der Waals surface area contributed by atoms with Crippen LogP contribution in [0.25, 0.3) is 0 Å². The molecule has 2 aliphatic heterocycles. The first-order chi connectivity index (χ1) is 16.8. The van der Waals surface area contributed by atoms with Crippen LogP contribution in [0.2, 0.25) is 0 Å². The molecule has 0 unspecified atom stereocenters. The lowest BCUT2D eigenvalue weighted by Crippen LogP contribution is -2.67. The molecule has 35 heavy (non-hydrogen) atoms. The topological polar surface area (TPSA) is 124 Å². The Kier molecular flexibility index (Phi) is 4.20. The Hall–Kier alpha value is -3.17. The molecule has 0 radical (unpaired) electrons. The number of nitrogens with two attached hydrogens (primary N) is 1. The summed E-state index contributed by atoms with van der Waals surface area (Å²) in [5, 5.41) is 0. The molecule has 1 amide bonds. The highest BCUT2D eigenvalue weighted by molar-refractivity contribution is 5.86. The Morgan fingerprint density at radius 1 is 1.11 bits per heavy atom. The molecule has 4 heterocycles. The van der Waals surface area contributed by atoms with E-state index in [1.54, 1.807) is 12.4 Å². The van der Waals surface area contributed by atoms with E-state index in [1.165, 1.54) is 0 Å². The van der Waals surface area contributed by atoms with Crippen LogP contribution in [0.1, 0.15) is 57.9 Å². The number of carbonyl (C=O) groups is 1. The Bertz CT molecular complexity index is 1270. The summed E-state index contributed by atoms with van der Waals surface area (Å²) >= 11 is 0. The van der Waals surface area contributed by atoms with Crippen LogP contribution in [0.15, 0.2) is 17.2 Å². The van der Waals surface area contributed by atoms with Crippen LogP contribution in [-0.4, -0.2) is 62.5 Å². The normalized spacial score (nSPS) is 32.1. The Labute approximate surface area is 203 Å². The van der Waals surface area contributed by atoms with Gasteiger partial charge in [-0.25, -0.2) is 14.8 Å². The number of nitrogen functional groups attached to an aromatic ring is 1. The van der Waals surface area contributed by atoms with Crippen molar-refractivity contribution >= 4 is 29.2 Å². The first kappa shape index (κ1) is 21.1. The van der Waals surface area contributed by atoms with E-state index in [0.29, 0.717) is 18.3 Å². The lowest BCUT2D eigenvalue weighted by Gasteiger charge is -2.62. The largest absolute Gasteiger partial charge is 0.385 e. The zero-order valence-corrected chi connectivity index (χ0v) is 20.3. The molecule has 0 aromatic carbocycles. The maximum absolute atomic E-state index is 13.4. The fourth-order valence-corrected chi connectivity index (χ4v) is 7.27. The van der Waals surface area contributed by atoms with Crippen molar-refractivity contribution in [2.45, 2.75) is 69.9 Å². The number of carbonyl (C=O) groups excluding carboxylic acids is 1.